The Labute approximate surface area is 140 Å². The van der Waals surface area contributed by atoms with Crippen LogP contribution in [0.1, 0.15) is 17.3 Å². The van der Waals surface area contributed by atoms with Gasteiger partial charge in [-0.2, -0.15) is 0 Å². The third kappa shape index (κ3) is 3.37. The summed E-state index contributed by atoms with van der Waals surface area (Å²) in [6.45, 7) is 5.96. The number of rotatable bonds is 3. The van der Waals surface area contributed by atoms with Crippen molar-refractivity contribution in [3.63, 3.8) is 0 Å². The van der Waals surface area contributed by atoms with Gasteiger partial charge in [-0.25, -0.2) is 0 Å². The van der Waals surface area contributed by atoms with Crippen LogP contribution in [0.15, 0.2) is 77.8 Å². The molecule has 4 heteroatoms. The van der Waals surface area contributed by atoms with Gasteiger partial charge in [-0.15, -0.1) is 0 Å². The lowest BCUT2D eigenvalue weighted by Crippen LogP contribution is -2.34. The van der Waals surface area contributed by atoms with Crippen LogP contribution in [0.3, 0.4) is 0 Å². The molecule has 1 heterocycles. The van der Waals surface area contributed by atoms with Crippen molar-refractivity contribution in [2.45, 2.75) is 13.0 Å². The maximum absolute atomic E-state index is 13.0. The predicted octanol–water partition coefficient (Wildman–Crippen LogP) is 4.38. The van der Waals surface area contributed by atoms with Crippen molar-refractivity contribution >= 4 is 28.5 Å². The molecule has 0 spiro atoms. The Kier molecular flexibility index (Phi) is 4.63. The van der Waals surface area contributed by atoms with E-state index in [9.17, 15) is 4.79 Å². The number of hydrogen-bond donors (Lipinski definition) is 0. The van der Waals surface area contributed by atoms with Gasteiger partial charge in [-0.3, -0.25) is 14.7 Å². The molecule has 1 amide bonds. The van der Waals surface area contributed by atoms with Crippen molar-refractivity contribution in [2.75, 3.05) is 10.7 Å². The zero-order chi connectivity index (χ0) is 16.2. The minimum absolute atomic E-state index is 0.0644. The number of amidine groups is 1. The number of nitrogens with zero attached hydrogens (tertiary/aromatic N) is 2. The SMILES string of the molecule is C=C(C)C1CSC(N(C(=O)c2ccccc2)c2ccccc2)=N1. The summed E-state index contributed by atoms with van der Waals surface area (Å²) in [6, 6.07) is 19.0. The molecule has 0 bridgehead atoms. The van der Waals surface area contributed by atoms with Gasteiger partial charge in [-0.1, -0.05) is 60.3 Å². The second kappa shape index (κ2) is 6.84. The number of amides is 1. The Bertz CT molecular complexity index is 740. The van der Waals surface area contributed by atoms with Gasteiger partial charge in [0.25, 0.3) is 5.91 Å². The van der Waals surface area contributed by atoms with E-state index in [4.69, 9.17) is 4.99 Å². The molecule has 116 valence electrons. The lowest BCUT2D eigenvalue weighted by Gasteiger charge is -2.22. The number of carbonyl (C=O) groups is 1. The molecule has 0 N–H and O–H groups in total. The standard InChI is InChI=1S/C19H18N2OS/c1-14(2)17-13-23-19(20-17)21(16-11-7-4-8-12-16)18(22)15-9-5-3-6-10-15/h3-12,17H,1,13H2,2H3. The Morgan fingerprint density at radius 2 is 1.74 bits per heavy atom. The number of anilines is 1. The van der Waals surface area contributed by atoms with Crippen LogP contribution >= 0.6 is 11.8 Å². The smallest absolute Gasteiger partial charge is 0.264 e. The van der Waals surface area contributed by atoms with Crippen molar-refractivity contribution in [3.8, 4) is 0 Å². The van der Waals surface area contributed by atoms with Crippen molar-refractivity contribution in [3.05, 3.63) is 78.4 Å². The lowest BCUT2D eigenvalue weighted by molar-refractivity contribution is 0.100. The highest BCUT2D eigenvalue weighted by atomic mass is 32.2. The number of thioether (sulfide) groups is 1. The average Bonchev–Trinajstić information content (AvgIpc) is 3.07. The normalized spacial score (nSPS) is 16.7. The average molecular weight is 322 g/mol. The molecule has 3 rings (SSSR count). The number of hydrogen-bond acceptors (Lipinski definition) is 3. The Hall–Kier alpha value is -2.33. The summed E-state index contributed by atoms with van der Waals surface area (Å²) in [5.74, 6) is 0.765. The van der Waals surface area contributed by atoms with Gasteiger partial charge in [0.1, 0.15) is 0 Å². The predicted molar refractivity (Wildman–Crippen MR) is 98.2 cm³/mol. The van der Waals surface area contributed by atoms with Gasteiger partial charge in [0.05, 0.1) is 11.7 Å². The van der Waals surface area contributed by atoms with Crippen molar-refractivity contribution in [2.24, 2.45) is 4.99 Å². The molecule has 0 saturated carbocycles. The quantitative estimate of drug-likeness (QED) is 0.786. The van der Waals surface area contributed by atoms with E-state index >= 15 is 0 Å². The summed E-state index contributed by atoms with van der Waals surface area (Å²) in [6.07, 6.45) is 0. The summed E-state index contributed by atoms with van der Waals surface area (Å²) < 4.78 is 0. The van der Waals surface area contributed by atoms with Crippen LogP contribution in [-0.2, 0) is 0 Å². The molecule has 2 aromatic carbocycles. The molecule has 0 aromatic heterocycles. The van der Waals surface area contributed by atoms with Crippen LogP contribution in [0.2, 0.25) is 0 Å². The first-order valence-electron chi connectivity index (χ1n) is 7.47. The number of carbonyl (C=O) groups excluding carboxylic acids is 1. The summed E-state index contributed by atoms with van der Waals surface area (Å²) in [7, 11) is 0. The Morgan fingerprint density at radius 3 is 2.30 bits per heavy atom. The molecule has 0 aliphatic carbocycles. The first kappa shape index (κ1) is 15.6. The van der Waals surface area contributed by atoms with Crippen LogP contribution < -0.4 is 4.90 Å². The zero-order valence-electron chi connectivity index (χ0n) is 13.0. The summed E-state index contributed by atoms with van der Waals surface area (Å²) in [4.78, 5) is 19.4. The third-order valence-electron chi connectivity index (χ3n) is 3.63. The molecule has 1 unspecified atom stereocenters. The molecule has 0 saturated heterocycles. The van der Waals surface area contributed by atoms with E-state index in [1.807, 2.05) is 67.6 Å². The summed E-state index contributed by atoms with van der Waals surface area (Å²) in [5.41, 5.74) is 2.50. The minimum atomic E-state index is -0.0644. The molecule has 2 aromatic rings. The van der Waals surface area contributed by atoms with Gasteiger partial charge >= 0.3 is 0 Å². The zero-order valence-corrected chi connectivity index (χ0v) is 13.8. The number of aliphatic imine (C=N–C) groups is 1. The highest BCUT2D eigenvalue weighted by molar-refractivity contribution is 8.14. The molecule has 23 heavy (non-hydrogen) atoms. The van der Waals surface area contributed by atoms with Crippen LogP contribution in [0.4, 0.5) is 5.69 Å². The van der Waals surface area contributed by atoms with E-state index in [1.54, 1.807) is 16.7 Å². The molecule has 1 aliphatic rings. The van der Waals surface area contributed by atoms with E-state index < -0.39 is 0 Å². The van der Waals surface area contributed by atoms with Crippen LogP contribution in [0, 0.1) is 0 Å². The van der Waals surface area contributed by atoms with E-state index in [1.165, 1.54) is 0 Å². The topological polar surface area (TPSA) is 32.7 Å². The van der Waals surface area contributed by atoms with Gasteiger partial charge in [-0.05, 0) is 31.2 Å². The molecular formula is C19H18N2OS. The van der Waals surface area contributed by atoms with Crippen molar-refractivity contribution in [1.82, 2.24) is 0 Å². The lowest BCUT2D eigenvalue weighted by atomic mass is 10.2. The van der Waals surface area contributed by atoms with Crippen LogP contribution in [0.25, 0.3) is 0 Å². The fourth-order valence-electron chi connectivity index (χ4n) is 2.34. The highest BCUT2D eigenvalue weighted by Crippen LogP contribution is 2.29. The summed E-state index contributed by atoms with van der Waals surface area (Å²) in [5, 5.41) is 0.734. The van der Waals surface area contributed by atoms with Crippen molar-refractivity contribution < 1.29 is 4.79 Å². The Morgan fingerprint density at radius 1 is 1.13 bits per heavy atom. The summed E-state index contributed by atoms with van der Waals surface area (Å²) >= 11 is 1.60. The van der Waals surface area contributed by atoms with Gasteiger partial charge < -0.3 is 0 Å². The first-order valence-corrected chi connectivity index (χ1v) is 8.46. The molecule has 3 nitrogen and oxygen atoms in total. The molecule has 1 atom stereocenters. The number of para-hydroxylation sites is 1. The van der Waals surface area contributed by atoms with Crippen LogP contribution in [-0.4, -0.2) is 22.9 Å². The third-order valence-corrected chi connectivity index (χ3v) is 4.66. The fourth-order valence-corrected chi connectivity index (χ4v) is 3.52. The van der Waals surface area contributed by atoms with Crippen LogP contribution in [0.5, 0.6) is 0 Å². The Balaban J connectivity index is 2.00. The molecule has 0 radical (unpaired) electrons. The maximum Gasteiger partial charge on any atom is 0.264 e. The van der Waals surface area contributed by atoms with E-state index in [-0.39, 0.29) is 11.9 Å². The maximum atomic E-state index is 13.0. The van der Waals surface area contributed by atoms with Gasteiger partial charge in [0.2, 0.25) is 0 Å². The molecule has 0 fully saturated rings. The largest absolute Gasteiger partial charge is 0.268 e. The molecule has 1 aliphatic heterocycles. The molecular weight excluding hydrogens is 304 g/mol. The van der Waals surface area contributed by atoms with E-state index in [0.717, 1.165) is 22.2 Å². The van der Waals surface area contributed by atoms with E-state index in [2.05, 4.69) is 6.58 Å². The van der Waals surface area contributed by atoms with E-state index in [0.29, 0.717) is 5.56 Å². The number of benzene rings is 2. The fraction of sp³-hybridized carbons (Fsp3) is 0.158. The first-order chi connectivity index (χ1) is 11.2. The van der Waals surface area contributed by atoms with Crippen molar-refractivity contribution in [1.29, 1.82) is 0 Å². The second-order valence-electron chi connectivity index (χ2n) is 5.43. The second-order valence-corrected chi connectivity index (χ2v) is 6.41. The monoisotopic (exact) mass is 322 g/mol. The van der Waals surface area contributed by atoms with Gasteiger partial charge in [0, 0.05) is 11.3 Å². The minimum Gasteiger partial charge on any atom is -0.268 e. The highest BCUT2D eigenvalue weighted by Gasteiger charge is 2.29. The van der Waals surface area contributed by atoms with Gasteiger partial charge in [0.15, 0.2) is 5.17 Å².